The molecule has 2 atom stereocenters. The Hall–Kier alpha value is -3.35. The van der Waals surface area contributed by atoms with E-state index >= 15 is 0 Å². The SMILES string of the molecule is Cc1ccc(C(C(=O)Nc2c(C)cccc2C)N(C(=O)C(NC(=O)OC(C)(C)C)C(C)C)C(C)C)c(C)c1. The standard InChI is InChI=1S/C31H45N3O4/c1-18(2)25(33-30(37)38-31(9,10)11)29(36)34(19(3)4)27(24-16-15-20(5)17-23(24)8)28(35)32-26-21(6)13-12-14-22(26)7/h12-19,25,27H,1-11H3,(H,32,35)(H,33,37). The van der Waals surface area contributed by atoms with E-state index < -0.39 is 23.8 Å². The van der Waals surface area contributed by atoms with E-state index in [9.17, 15) is 14.4 Å². The molecule has 0 aliphatic rings. The third kappa shape index (κ3) is 7.83. The number of carbonyl (C=O) groups is 3. The number of alkyl carbamates (subject to hydrolysis) is 1. The molecule has 3 amide bonds. The van der Waals surface area contributed by atoms with Crippen molar-refractivity contribution in [2.24, 2.45) is 5.92 Å². The highest BCUT2D eigenvalue weighted by atomic mass is 16.6. The summed E-state index contributed by atoms with van der Waals surface area (Å²) in [6.07, 6.45) is -0.670. The van der Waals surface area contributed by atoms with E-state index in [4.69, 9.17) is 4.74 Å². The number of rotatable bonds is 8. The molecule has 2 rings (SSSR count). The minimum atomic E-state index is -0.913. The van der Waals surface area contributed by atoms with Crippen molar-refractivity contribution in [3.63, 3.8) is 0 Å². The molecule has 0 radical (unpaired) electrons. The molecule has 38 heavy (non-hydrogen) atoms. The zero-order valence-corrected chi connectivity index (χ0v) is 24.9. The Morgan fingerprint density at radius 1 is 0.868 bits per heavy atom. The van der Waals surface area contributed by atoms with Crippen molar-refractivity contribution in [2.45, 2.75) is 99.9 Å². The van der Waals surface area contributed by atoms with Crippen molar-refractivity contribution in [3.05, 3.63) is 64.2 Å². The second-order valence-corrected chi connectivity index (χ2v) is 11.7. The molecule has 208 valence electrons. The molecule has 0 aromatic heterocycles. The number of benzene rings is 2. The van der Waals surface area contributed by atoms with Crippen molar-refractivity contribution in [1.29, 1.82) is 0 Å². The Bertz CT molecular complexity index is 1140. The quantitative estimate of drug-likeness (QED) is 0.420. The number of hydrogen-bond acceptors (Lipinski definition) is 4. The molecule has 2 aromatic rings. The number of carbonyl (C=O) groups excluding carboxylic acids is 3. The molecule has 0 saturated carbocycles. The monoisotopic (exact) mass is 523 g/mol. The fourth-order valence-electron chi connectivity index (χ4n) is 4.54. The summed E-state index contributed by atoms with van der Waals surface area (Å²) < 4.78 is 5.44. The van der Waals surface area contributed by atoms with Gasteiger partial charge in [-0.25, -0.2) is 4.79 Å². The van der Waals surface area contributed by atoms with E-state index in [0.717, 1.165) is 33.5 Å². The lowest BCUT2D eigenvalue weighted by Gasteiger charge is -2.38. The van der Waals surface area contributed by atoms with Crippen LogP contribution in [0.2, 0.25) is 0 Å². The fourth-order valence-corrected chi connectivity index (χ4v) is 4.54. The minimum Gasteiger partial charge on any atom is -0.444 e. The van der Waals surface area contributed by atoms with Crippen LogP contribution >= 0.6 is 0 Å². The molecule has 7 nitrogen and oxygen atoms in total. The van der Waals surface area contributed by atoms with Gasteiger partial charge in [0.05, 0.1) is 0 Å². The highest BCUT2D eigenvalue weighted by Crippen LogP contribution is 2.31. The Labute approximate surface area is 228 Å². The van der Waals surface area contributed by atoms with Crippen LogP contribution in [-0.2, 0) is 14.3 Å². The van der Waals surface area contributed by atoms with Gasteiger partial charge < -0.3 is 20.3 Å². The summed E-state index contributed by atoms with van der Waals surface area (Å²) in [6, 6.07) is 9.57. The van der Waals surface area contributed by atoms with Gasteiger partial charge in [-0.2, -0.15) is 0 Å². The second-order valence-electron chi connectivity index (χ2n) is 11.7. The van der Waals surface area contributed by atoms with E-state index in [1.54, 1.807) is 25.7 Å². The molecular weight excluding hydrogens is 478 g/mol. The van der Waals surface area contributed by atoms with Crippen molar-refractivity contribution in [2.75, 3.05) is 5.32 Å². The van der Waals surface area contributed by atoms with Crippen LogP contribution in [0.1, 0.15) is 82.3 Å². The van der Waals surface area contributed by atoms with Crippen LogP contribution in [0.4, 0.5) is 10.5 Å². The summed E-state index contributed by atoms with van der Waals surface area (Å²) in [5.74, 6) is -0.892. The third-order valence-electron chi connectivity index (χ3n) is 6.39. The molecule has 7 heteroatoms. The first-order valence-corrected chi connectivity index (χ1v) is 13.3. The number of ether oxygens (including phenoxy) is 1. The highest BCUT2D eigenvalue weighted by molar-refractivity contribution is 6.00. The third-order valence-corrected chi connectivity index (χ3v) is 6.39. The lowest BCUT2D eigenvalue weighted by molar-refractivity contribution is -0.143. The number of nitrogens with zero attached hydrogens (tertiary/aromatic N) is 1. The summed E-state index contributed by atoms with van der Waals surface area (Å²) >= 11 is 0. The van der Waals surface area contributed by atoms with Crippen molar-refractivity contribution >= 4 is 23.6 Å². The van der Waals surface area contributed by atoms with Gasteiger partial charge in [-0.15, -0.1) is 0 Å². The lowest BCUT2D eigenvalue weighted by Crippen LogP contribution is -2.56. The highest BCUT2D eigenvalue weighted by Gasteiger charge is 2.39. The van der Waals surface area contributed by atoms with Crippen LogP contribution in [0.3, 0.4) is 0 Å². The molecule has 2 aromatic carbocycles. The Balaban J connectivity index is 2.60. The van der Waals surface area contributed by atoms with Crippen LogP contribution < -0.4 is 10.6 Å². The van der Waals surface area contributed by atoms with E-state index in [1.807, 2.05) is 91.8 Å². The van der Waals surface area contributed by atoms with Gasteiger partial charge in [-0.1, -0.05) is 55.8 Å². The van der Waals surface area contributed by atoms with Crippen molar-refractivity contribution < 1.29 is 19.1 Å². The summed E-state index contributed by atoms with van der Waals surface area (Å²) in [4.78, 5) is 42.5. The normalized spacial score (nSPS) is 13.2. The van der Waals surface area contributed by atoms with Gasteiger partial charge in [-0.3, -0.25) is 9.59 Å². The summed E-state index contributed by atoms with van der Waals surface area (Å²) in [7, 11) is 0. The lowest BCUT2D eigenvalue weighted by atomic mass is 9.94. The van der Waals surface area contributed by atoms with E-state index in [-0.39, 0.29) is 23.8 Å². The maximum absolute atomic E-state index is 14.2. The summed E-state index contributed by atoms with van der Waals surface area (Å²) in [6.45, 7) is 20.6. The van der Waals surface area contributed by atoms with Gasteiger partial charge >= 0.3 is 6.09 Å². The largest absolute Gasteiger partial charge is 0.444 e. The summed E-state index contributed by atoms with van der Waals surface area (Å²) in [5.41, 5.74) is 4.61. The Kier molecular flexibility index (Phi) is 10.1. The predicted molar refractivity (Wildman–Crippen MR) is 153 cm³/mol. The zero-order chi connectivity index (χ0) is 28.9. The van der Waals surface area contributed by atoms with E-state index in [0.29, 0.717) is 0 Å². The van der Waals surface area contributed by atoms with Gasteiger partial charge in [0, 0.05) is 11.7 Å². The molecule has 0 saturated heterocycles. The van der Waals surface area contributed by atoms with Crippen LogP contribution in [0, 0.1) is 33.6 Å². The molecule has 0 aliphatic carbocycles. The first-order valence-electron chi connectivity index (χ1n) is 13.3. The van der Waals surface area contributed by atoms with Gasteiger partial charge in [0.2, 0.25) is 5.91 Å². The molecule has 2 unspecified atom stereocenters. The van der Waals surface area contributed by atoms with Gasteiger partial charge in [-0.05, 0) is 90.5 Å². The van der Waals surface area contributed by atoms with Crippen molar-refractivity contribution in [1.82, 2.24) is 10.2 Å². The van der Waals surface area contributed by atoms with E-state index in [1.165, 1.54) is 0 Å². The molecule has 0 bridgehead atoms. The Morgan fingerprint density at radius 3 is 1.92 bits per heavy atom. The number of para-hydroxylation sites is 1. The number of aryl methyl sites for hydroxylation is 4. The molecule has 0 spiro atoms. The van der Waals surface area contributed by atoms with Crippen LogP contribution in [0.15, 0.2) is 36.4 Å². The molecule has 0 heterocycles. The van der Waals surface area contributed by atoms with E-state index in [2.05, 4.69) is 10.6 Å². The molecule has 0 fully saturated rings. The first-order chi connectivity index (χ1) is 17.5. The number of anilines is 1. The van der Waals surface area contributed by atoms with Crippen LogP contribution in [0.25, 0.3) is 0 Å². The van der Waals surface area contributed by atoms with Gasteiger partial charge in [0.1, 0.15) is 17.7 Å². The maximum Gasteiger partial charge on any atom is 0.408 e. The smallest absolute Gasteiger partial charge is 0.408 e. The average molecular weight is 524 g/mol. The summed E-state index contributed by atoms with van der Waals surface area (Å²) in [5, 5.41) is 5.87. The number of hydrogen-bond donors (Lipinski definition) is 2. The maximum atomic E-state index is 14.2. The van der Waals surface area contributed by atoms with Crippen LogP contribution in [-0.4, -0.2) is 40.5 Å². The molecule has 0 aliphatic heterocycles. The van der Waals surface area contributed by atoms with Gasteiger partial charge in [0.25, 0.3) is 5.91 Å². The molecular formula is C31H45N3O4. The van der Waals surface area contributed by atoms with Crippen LogP contribution in [0.5, 0.6) is 0 Å². The zero-order valence-electron chi connectivity index (χ0n) is 24.9. The van der Waals surface area contributed by atoms with Crippen molar-refractivity contribution in [3.8, 4) is 0 Å². The minimum absolute atomic E-state index is 0.238. The topological polar surface area (TPSA) is 87.7 Å². The number of nitrogens with one attached hydrogen (secondary N) is 2. The number of amides is 3. The Morgan fingerprint density at radius 2 is 1.45 bits per heavy atom. The average Bonchev–Trinajstić information content (AvgIpc) is 2.76. The first kappa shape index (κ1) is 30.9. The predicted octanol–water partition coefficient (Wildman–Crippen LogP) is 6.39. The second kappa shape index (κ2) is 12.5. The molecule has 2 N–H and O–H groups in total. The van der Waals surface area contributed by atoms with Gasteiger partial charge in [0.15, 0.2) is 0 Å². The fraction of sp³-hybridized carbons (Fsp3) is 0.516.